The molecule has 0 atom stereocenters. The summed E-state index contributed by atoms with van der Waals surface area (Å²) in [6.07, 6.45) is 1.41. The molecule has 0 fully saturated rings. The molecule has 0 aliphatic rings. The molecule has 2 N–H and O–H groups in total. The number of carbonyl (C=O) groups is 2. The SMILES string of the molecule is O=C(O)Cc1ccc(N=Nc2c(C(=O)O)nc3ccc(Cl)cn23)cc1. The molecule has 0 saturated heterocycles. The lowest BCUT2D eigenvalue weighted by molar-refractivity contribution is -0.136. The van der Waals surface area contributed by atoms with Crippen molar-refractivity contribution in [3.8, 4) is 0 Å². The zero-order valence-corrected chi connectivity index (χ0v) is 13.4. The number of aliphatic carboxylic acids is 1. The summed E-state index contributed by atoms with van der Waals surface area (Å²) >= 11 is 5.94. The molecule has 8 nitrogen and oxygen atoms in total. The van der Waals surface area contributed by atoms with Gasteiger partial charge in [-0.15, -0.1) is 10.2 Å². The molecular formula is C16H11ClN4O4. The fraction of sp³-hybridized carbons (Fsp3) is 0.0625. The number of carboxylic acids is 2. The van der Waals surface area contributed by atoms with Crippen molar-refractivity contribution in [2.75, 3.05) is 0 Å². The summed E-state index contributed by atoms with van der Waals surface area (Å²) in [6, 6.07) is 9.60. The molecule has 0 saturated carbocycles. The van der Waals surface area contributed by atoms with Crippen LogP contribution in [0.15, 0.2) is 52.8 Å². The summed E-state index contributed by atoms with van der Waals surface area (Å²) in [5, 5.41) is 26.4. The van der Waals surface area contributed by atoms with Crippen LogP contribution in [0.3, 0.4) is 0 Å². The van der Waals surface area contributed by atoms with E-state index in [4.69, 9.17) is 16.7 Å². The molecule has 0 radical (unpaired) electrons. The number of nitrogens with zero attached hydrogens (tertiary/aromatic N) is 4. The van der Waals surface area contributed by atoms with Crippen LogP contribution in [0.5, 0.6) is 0 Å². The molecule has 126 valence electrons. The highest BCUT2D eigenvalue weighted by Gasteiger charge is 2.18. The van der Waals surface area contributed by atoms with E-state index in [1.807, 2.05) is 0 Å². The fourth-order valence-electron chi connectivity index (χ4n) is 2.21. The van der Waals surface area contributed by atoms with Gasteiger partial charge in [-0.1, -0.05) is 23.7 Å². The lowest BCUT2D eigenvalue weighted by Crippen LogP contribution is -1.99. The smallest absolute Gasteiger partial charge is 0.358 e. The zero-order valence-electron chi connectivity index (χ0n) is 12.6. The molecule has 0 unspecified atom stereocenters. The Morgan fingerprint density at radius 3 is 2.44 bits per heavy atom. The van der Waals surface area contributed by atoms with E-state index in [-0.39, 0.29) is 17.9 Å². The van der Waals surface area contributed by atoms with E-state index < -0.39 is 11.9 Å². The number of pyridine rings is 1. The maximum absolute atomic E-state index is 11.4. The van der Waals surface area contributed by atoms with Crippen molar-refractivity contribution in [1.82, 2.24) is 9.38 Å². The van der Waals surface area contributed by atoms with E-state index in [9.17, 15) is 14.7 Å². The zero-order chi connectivity index (χ0) is 18.0. The summed E-state index contributed by atoms with van der Waals surface area (Å²) in [5.41, 5.74) is 1.21. The van der Waals surface area contributed by atoms with E-state index in [0.717, 1.165) is 0 Å². The predicted octanol–water partition coefficient (Wildman–Crippen LogP) is 3.73. The van der Waals surface area contributed by atoms with Crippen molar-refractivity contribution >= 4 is 40.7 Å². The molecule has 0 bridgehead atoms. The van der Waals surface area contributed by atoms with Crippen molar-refractivity contribution in [3.05, 3.63) is 58.9 Å². The fourth-order valence-corrected chi connectivity index (χ4v) is 2.37. The first-order valence-corrected chi connectivity index (χ1v) is 7.45. The number of rotatable bonds is 5. The quantitative estimate of drug-likeness (QED) is 0.674. The molecule has 3 aromatic rings. The number of aromatic carboxylic acids is 1. The Balaban J connectivity index is 1.97. The first-order chi connectivity index (χ1) is 11.9. The average molecular weight is 359 g/mol. The minimum Gasteiger partial charge on any atom is -0.481 e. The lowest BCUT2D eigenvalue weighted by atomic mass is 10.1. The Kier molecular flexibility index (Phi) is 4.44. The standard InChI is InChI=1S/C16H11ClN4O4/c17-10-3-6-12-18-14(16(24)25)15(21(12)8-10)20-19-11-4-1-9(2-5-11)7-13(22)23/h1-6,8H,7H2,(H,22,23)(H,24,25). The van der Waals surface area contributed by atoms with Crippen LogP contribution in [0.4, 0.5) is 11.5 Å². The van der Waals surface area contributed by atoms with Crippen LogP contribution in [-0.4, -0.2) is 31.5 Å². The van der Waals surface area contributed by atoms with E-state index in [1.54, 1.807) is 36.4 Å². The van der Waals surface area contributed by atoms with Crippen molar-refractivity contribution in [1.29, 1.82) is 0 Å². The third-order valence-electron chi connectivity index (χ3n) is 3.31. The van der Waals surface area contributed by atoms with Crippen molar-refractivity contribution in [2.24, 2.45) is 10.2 Å². The number of carboxylic acid groups (broad SMARTS) is 2. The van der Waals surface area contributed by atoms with Gasteiger partial charge in [-0.05, 0) is 29.8 Å². The number of azo groups is 1. The summed E-state index contributed by atoms with van der Waals surface area (Å²) in [7, 11) is 0. The van der Waals surface area contributed by atoms with Gasteiger partial charge >= 0.3 is 11.9 Å². The van der Waals surface area contributed by atoms with Gasteiger partial charge in [0.15, 0.2) is 11.5 Å². The van der Waals surface area contributed by atoms with Crippen LogP contribution in [0.2, 0.25) is 5.02 Å². The largest absolute Gasteiger partial charge is 0.481 e. The van der Waals surface area contributed by atoms with Gasteiger partial charge in [0.25, 0.3) is 0 Å². The summed E-state index contributed by atoms with van der Waals surface area (Å²) in [5.74, 6) is -2.12. The number of halogens is 1. The maximum Gasteiger partial charge on any atom is 0.358 e. The summed E-state index contributed by atoms with van der Waals surface area (Å²) in [6.45, 7) is 0. The molecular weight excluding hydrogens is 348 g/mol. The normalized spacial score (nSPS) is 11.2. The van der Waals surface area contributed by atoms with Crippen LogP contribution in [0.1, 0.15) is 16.1 Å². The molecule has 0 spiro atoms. The Bertz CT molecular complexity index is 995. The average Bonchev–Trinajstić information content (AvgIpc) is 2.92. The highest BCUT2D eigenvalue weighted by Crippen LogP contribution is 2.26. The first kappa shape index (κ1) is 16.6. The van der Waals surface area contributed by atoms with E-state index in [0.29, 0.717) is 21.9 Å². The van der Waals surface area contributed by atoms with Gasteiger partial charge in [-0.2, -0.15) is 0 Å². The van der Waals surface area contributed by atoms with Crippen LogP contribution < -0.4 is 0 Å². The lowest BCUT2D eigenvalue weighted by Gasteiger charge is -1.99. The highest BCUT2D eigenvalue weighted by molar-refractivity contribution is 6.30. The second kappa shape index (κ2) is 6.70. The number of aromatic nitrogens is 2. The topological polar surface area (TPSA) is 117 Å². The number of imidazole rings is 1. The van der Waals surface area contributed by atoms with Crippen LogP contribution in [0.25, 0.3) is 5.65 Å². The summed E-state index contributed by atoms with van der Waals surface area (Å²) in [4.78, 5) is 26.0. The van der Waals surface area contributed by atoms with Crippen LogP contribution in [-0.2, 0) is 11.2 Å². The van der Waals surface area contributed by atoms with Gasteiger partial charge < -0.3 is 10.2 Å². The van der Waals surface area contributed by atoms with E-state index in [1.165, 1.54) is 10.6 Å². The van der Waals surface area contributed by atoms with Gasteiger partial charge in [0.2, 0.25) is 0 Å². The molecule has 1 aromatic carbocycles. The van der Waals surface area contributed by atoms with E-state index >= 15 is 0 Å². The van der Waals surface area contributed by atoms with Crippen molar-refractivity contribution in [3.63, 3.8) is 0 Å². The minimum absolute atomic E-state index is 0.0413. The predicted molar refractivity (Wildman–Crippen MR) is 89.1 cm³/mol. The number of benzene rings is 1. The van der Waals surface area contributed by atoms with E-state index in [2.05, 4.69) is 15.2 Å². The Labute approximate surface area is 146 Å². The molecule has 3 rings (SSSR count). The summed E-state index contributed by atoms with van der Waals surface area (Å²) < 4.78 is 1.44. The third-order valence-corrected chi connectivity index (χ3v) is 3.54. The van der Waals surface area contributed by atoms with Crippen LogP contribution in [0, 0.1) is 0 Å². The molecule has 0 aliphatic heterocycles. The second-order valence-corrected chi connectivity index (χ2v) is 5.54. The van der Waals surface area contributed by atoms with Crippen molar-refractivity contribution < 1.29 is 19.8 Å². The molecule has 25 heavy (non-hydrogen) atoms. The molecule has 0 amide bonds. The third kappa shape index (κ3) is 3.64. The molecule has 2 heterocycles. The number of hydrogen-bond donors (Lipinski definition) is 2. The van der Waals surface area contributed by atoms with Gasteiger partial charge in [0.05, 0.1) is 17.1 Å². The first-order valence-electron chi connectivity index (χ1n) is 7.07. The van der Waals surface area contributed by atoms with Crippen molar-refractivity contribution in [2.45, 2.75) is 6.42 Å². The molecule has 2 aromatic heterocycles. The molecule has 9 heteroatoms. The Morgan fingerprint density at radius 1 is 1.08 bits per heavy atom. The number of fused-ring (bicyclic) bond motifs is 1. The molecule has 0 aliphatic carbocycles. The van der Waals surface area contributed by atoms with Gasteiger partial charge in [-0.3, -0.25) is 9.20 Å². The van der Waals surface area contributed by atoms with Gasteiger partial charge in [-0.25, -0.2) is 9.78 Å². The Hall–Kier alpha value is -3.26. The Morgan fingerprint density at radius 2 is 1.80 bits per heavy atom. The van der Waals surface area contributed by atoms with Gasteiger partial charge in [0.1, 0.15) is 5.65 Å². The minimum atomic E-state index is -1.23. The maximum atomic E-state index is 11.4. The highest BCUT2D eigenvalue weighted by atomic mass is 35.5. The number of hydrogen-bond acceptors (Lipinski definition) is 5. The van der Waals surface area contributed by atoms with Gasteiger partial charge in [0, 0.05) is 6.20 Å². The second-order valence-electron chi connectivity index (χ2n) is 5.10. The monoisotopic (exact) mass is 358 g/mol. The van der Waals surface area contributed by atoms with Crippen LogP contribution >= 0.6 is 11.6 Å².